The average Bonchev–Trinajstić information content (AvgIpc) is 3.44. The highest BCUT2D eigenvalue weighted by Gasteiger charge is 2.37. The number of halogens is 1. The fraction of sp³-hybridized carbons (Fsp3) is 0.286. The predicted molar refractivity (Wildman–Crippen MR) is 106 cm³/mol. The molecule has 5 heterocycles. The number of hydrogen-bond acceptors (Lipinski definition) is 5. The molecule has 1 saturated carbocycles. The first-order valence-corrected chi connectivity index (χ1v) is 9.96. The molecule has 2 bridgehead atoms. The Kier molecular flexibility index (Phi) is 3.56. The van der Waals surface area contributed by atoms with Gasteiger partial charge in [-0.3, -0.25) is 14.2 Å². The monoisotopic (exact) mass is 403 g/mol. The van der Waals surface area contributed by atoms with Crippen molar-refractivity contribution < 1.29 is 9.18 Å². The molecule has 0 aromatic carbocycles. The normalized spacial score (nSPS) is 19.9. The number of carbonyl (C=O) groups excluding carboxylic acids is 1. The minimum Gasteiger partial charge on any atom is -0.363 e. The summed E-state index contributed by atoms with van der Waals surface area (Å²) in [5.74, 6) is 1.15. The SMILES string of the molecule is NC(=O)c1nnc2ccc(-c3c(-c4ccc(F)cn4)nc4n3CC3CC[C@@H]4C3)cn12. The molecule has 8 nitrogen and oxygen atoms in total. The number of amides is 1. The molecule has 1 unspecified atom stereocenters. The van der Waals surface area contributed by atoms with Crippen molar-refractivity contribution in [3.8, 4) is 22.6 Å². The van der Waals surface area contributed by atoms with E-state index >= 15 is 0 Å². The lowest BCUT2D eigenvalue weighted by Crippen LogP contribution is -2.18. The second kappa shape index (κ2) is 6.19. The van der Waals surface area contributed by atoms with Crippen molar-refractivity contribution in [2.45, 2.75) is 31.7 Å². The molecule has 30 heavy (non-hydrogen) atoms. The Bertz CT molecular complexity index is 1310. The molecule has 0 radical (unpaired) electrons. The van der Waals surface area contributed by atoms with Crippen LogP contribution in [0.2, 0.25) is 0 Å². The maximum Gasteiger partial charge on any atom is 0.287 e. The van der Waals surface area contributed by atoms with Gasteiger partial charge in [-0.2, -0.15) is 0 Å². The summed E-state index contributed by atoms with van der Waals surface area (Å²) in [5.41, 5.74) is 9.08. The Morgan fingerprint density at radius 3 is 2.87 bits per heavy atom. The molecule has 4 aromatic rings. The number of carbonyl (C=O) groups is 1. The zero-order valence-electron chi connectivity index (χ0n) is 16.0. The molecule has 150 valence electrons. The van der Waals surface area contributed by atoms with Crippen LogP contribution in [0.1, 0.15) is 41.6 Å². The van der Waals surface area contributed by atoms with E-state index in [0.717, 1.165) is 36.5 Å². The largest absolute Gasteiger partial charge is 0.363 e. The second-order valence-corrected chi connectivity index (χ2v) is 8.05. The summed E-state index contributed by atoms with van der Waals surface area (Å²) in [7, 11) is 0. The first-order chi connectivity index (χ1) is 14.6. The second-order valence-electron chi connectivity index (χ2n) is 8.05. The van der Waals surface area contributed by atoms with E-state index < -0.39 is 5.91 Å². The van der Waals surface area contributed by atoms with Gasteiger partial charge in [-0.1, -0.05) is 0 Å². The first kappa shape index (κ1) is 17.3. The Hall–Kier alpha value is -3.62. The highest BCUT2D eigenvalue weighted by Crippen LogP contribution is 2.46. The first-order valence-electron chi connectivity index (χ1n) is 9.96. The lowest BCUT2D eigenvalue weighted by Gasteiger charge is -2.23. The minimum atomic E-state index is -0.645. The maximum absolute atomic E-state index is 13.5. The molecule has 0 spiro atoms. The fourth-order valence-corrected chi connectivity index (χ4v) is 4.89. The van der Waals surface area contributed by atoms with Crippen LogP contribution < -0.4 is 5.73 Å². The van der Waals surface area contributed by atoms with Gasteiger partial charge in [0.2, 0.25) is 5.82 Å². The van der Waals surface area contributed by atoms with E-state index in [0.29, 0.717) is 28.9 Å². The zero-order chi connectivity index (χ0) is 20.4. The third kappa shape index (κ3) is 2.47. The van der Waals surface area contributed by atoms with Crippen LogP contribution in [0.3, 0.4) is 0 Å². The topological polar surface area (TPSA) is 104 Å². The van der Waals surface area contributed by atoms with Crippen molar-refractivity contribution >= 4 is 11.6 Å². The molecule has 4 aromatic heterocycles. The quantitative estimate of drug-likeness (QED) is 0.566. The fourth-order valence-electron chi connectivity index (χ4n) is 4.89. The van der Waals surface area contributed by atoms with Crippen LogP contribution in [0.15, 0.2) is 36.7 Å². The number of hydrogen-bond donors (Lipinski definition) is 1. The molecular weight excluding hydrogens is 385 g/mol. The van der Waals surface area contributed by atoms with Gasteiger partial charge in [0, 0.05) is 24.2 Å². The summed E-state index contributed by atoms with van der Waals surface area (Å²) < 4.78 is 17.3. The van der Waals surface area contributed by atoms with Crippen LogP contribution in [-0.4, -0.2) is 35.0 Å². The number of rotatable bonds is 3. The van der Waals surface area contributed by atoms with E-state index in [1.807, 2.05) is 12.3 Å². The minimum absolute atomic E-state index is 0.0757. The van der Waals surface area contributed by atoms with Gasteiger partial charge in [-0.05, 0) is 49.4 Å². The molecule has 1 amide bonds. The smallest absolute Gasteiger partial charge is 0.287 e. The molecule has 1 aliphatic carbocycles. The van der Waals surface area contributed by atoms with Crippen LogP contribution >= 0.6 is 0 Å². The molecule has 0 saturated heterocycles. The summed E-state index contributed by atoms with van der Waals surface area (Å²) in [6.07, 6.45) is 6.51. The van der Waals surface area contributed by atoms with Gasteiger partial charge < -0.3 is 10.3 Å². The lowest BCUT2D eigenvalue weighted by atomic mass is 9.99. The van der Waals surface area contributed by atoms with E-state index in [-0.39, 0.29) is 11.6 Å². The molecular formula is C21H18FN7O. The van der Waals surface area contributed by atoms with Gasteiger partial charge in [0.25, 0.3) is 5.91 Å². The molecule has 9 heteroatoms. The van der Waals surface area contributed by atoms with Crippen LogP contribution in [0.4, 0.5) is 4.39 Å². The number of nitrogens with zero attached hydrogens (tertiary/aromatic N) is 6. The number of fused-ring (bicyclic) bond motifs is 5. The van der Waals surface area contributed by atoms with Gasteiger partial charge in [0.15, 0.2) is 5.65 Å². The van der Waals surface area contributed by atoms with E-state index in [4.69, 9.17) is 10.7 Å². The van der Waals surface area contributed by atoms with Gasteiger partial charge in [0.05, 0.1) is 17.6 Å². The summed E-state index contributed by atoms with van der Waals surface area (Å²) in [6, 6.07) is 6.78. The average molecular weight is 403 g/mol. The maximum atomic E-state index is 13.5. The van der Waals surface area contributed by atoms with Crippen molar-refractivity contribution in [2.75, 3.05) is 0 Å². The molecule has 6 rings (SSSR count). The van der Waals surface area contributed by atoms with Crippen molar-refractivity contribution in [1.82, 2.24) is 29.1 Å². The highest BCUT2D eigenvalue weighted by atomic mass is 19.1. The van der Waals surface area contributed by atoms with Gasteiger partial charge in [0.1, 0.15) is 17.3 Å². The van der Waals surface area contributed by atoms with Crippen LogP contribution in [0.25, 0.3) is 28.3 Å². The van der Waals surface area contributed by atoms with E-state index in [9.17, 15) is 9.18 Å². The molecule has 2 aliphatic rings. The van der Waals surface area contributed by atoms with E-state index in [1.165, 1.54) is 18.7 Å². The number of primary amides is 1. The molecule has 2 atom stereocenters. The van der Waals surface area contributed by atoms with Gasteiger partial charge in [-0.15, -0.1) is 10.2 Å². The summed E-state index contributed by atoms with van der Waals surface area (Å²) >= 11 is 0. The van der Waals surface area contributed by atoms with Gasteiger partial charge in [-0.25, -0.2) is 9.37 Å². The number of aromatic nitrogens is 6. The van der Waals surface area contributed by atoms with Crippen molar-refractivity contribution in [3.05, 3.63) is 54.1 Å². The number of pyridine rings is 2. The Balaban J connectivity index is 1.61. The summed E-state index contributed by atoms with van der Waals surface area (Å²) in [4.78, 5) is 21.0. The number of imidazole rings is 1. The highest BCUT2D eigenvalue weighted by molar-refractivity contribution is 5.90. The van der Waals surface area contributed by atoms with Crippen LogP contribution in [0.5, 0.6) is 0 Å². The summed E-state index contributed by atoms with van der Waals surface area (Å²) in [5, 5.41) is 7.90. The Morgan fingerprint density at radius 2 is 2.07 bits per heavy atom. The predicted octanol–water partition coefficient (Wildman–Crippen LogP) is 2.79. The number of nitrogens with two attached hydrogens (primary N) is 1. The Labute approximate surface area is 170 Å². The third-order valence-electron chi connectivity index (χ3n) is 6.21. The molecule has 1 aliphatic heterocycles. The van der Waals surface area contributed by atoms with Crippen molar-refractivity contribution in [1.29, 1.82) is 0 Å². The molecule has 1 fully saturated rings. The molecule has 2 N–H and O–H groups in total. The van der Waals surface area contributed by atoms with E-state index in [2.05, 4.69) is 19.7 Å². The van der Waals surface area contributed by atoms with Crippen molar-refractivity contribution in [2.24, 2.45) is 11.7 Å². The van der Waals surface area contributed by atoms with Crippen LogP contribution in [-0.2, 0) is 6.54 Å². The van der Waals surface area contributed by atoms with Crippen molar-refractivity contribution in [3.63, 3.8) is 0 Å². The lowest BCUT2D eigenvalue weighted by molar-refractivity contribution is 0.0989. The van der Waals surface area contributed by atoms with Gasteiger partial charge >= 0.3 is 0 Å². The standard InChI is InChI=1S/C21H18FN7O/c22-14-4-5-15(24-8-14)17-18(29-9-11-1-2-12(7-11)20(29)25-17)13-3-6-16-26-27-21(19(23)30)28(16)10-13/h3-6,8,10-12H,1-2,7,9H2,(H2,23,30)/t11?,12-/m1/s1. The van der Waals surface area contributed by atoms with E-state index in [1.54, 1.807) is 16.5 Å². The third-order valence-corrected chi connectivity index (χ3v) is 6.21. The zero-order valence-corrected chi connectivity index (χ0v) is 16.0. The van der Waals surface area contributed by atoms with Crippen LogP contribution in [0, 0.1) is 11.7 Å². The summed E-state index contributed by atoms with van der Waals surface area (Å²) in [6.45, 7) is 0.887. The Morgan fingerprint density at radius 1 is 1.17 bits per heavy atom.